The fourth-order valence-electron chi connectivity index (χ4n) is 8.97. The van der Waals surface area contributed by atoms with E-state index in [2.05, 4.69) is 207 Å². The van der Waals surface area contributed by atoms with E-state index in [9.17, 15) is 0 Å². The molecule has 0 aliphatic rings. The SMILES string of the molecule is CC(C)(C)CC(C)(C)c1ccc2c(c1)c1cc3c(cc1n2-c1ccc(Br)cc1)c1cc(C(C)(C)CC(C)(C)C)ccc1n3-c1ccc(Br)cc1. The highest BCUT2D eigenvalue weighted by Crippen LogP contribution is 2.44. The van der Waals surface area contributed by atoms with E-state index in [0.29, 0.717) is 0 Å². The first-order valence-electron chi connectivity index (χ1n) is 17.9. The van der Waals surface area contributed by atoms with Gasteiger partial charge in [0, 0.05) is 41.9 Å². The minimum absolute atomic E-state index is 0.0329. The third-order valence-electron chi connectivity index (χ3n) is 10.3. The zero-order valence-electron chi connectivity index (χ0n) is 31.3. The standard InChI is InChI=1S/C46H50Br2N2/c1-43(2,3)27-45(7,8)29-11-21-39-35(23-29)37-25-42-38(26-41(37)49(39)33-17-13-31(47)14-18-33)36-24-30(46(9,10)28-44(4,5)6)12-22-40(36)50(42)34-19-15-32(48)16-20-34/h11-26H,27-28H2,1-10H3. The molecule has 0 atom stereocenters. The lowest BCUT2D eigenvalue weighted by molar-refractivity contribution is 0.284. The van der Waals surface area contributed by atoms with Gasteiger partial charge in [0.05, 0.1) is 22.1 Å². The van der Waals surface area contributed by atoms with E-state index >= 15 is 0 Å². The van der Waals surface area contributed by atoms with Gasteiger partial charge in [-0.25, -0.2) is 0 Å². The van der Waals surface area contributed by atoms with Gasteiger partial charge in [-0.15, -0.1) is 0 Å². The van der Waals surface area contributed by atoms with Crippen LogP contribution in [0.2, 0.25) is 0 Å². The van der Waals surface area contributed by atoms with Crippen molar-refractivity contribution in [2.45, 2.75) is 92.9 Å². The molecule has 0 saturated carbocycles. The lowest BCUT2D eigenvalue weighted by Gasteiger charge is -2.33. The molecular weight excluding hydrogens is 740 g/mol. The summed E-state index contributed by atoms with van der Waals surface area (Å²) >= 11 is 7.36. The second kappa shape index (κ2) is 12.1. The summed E-state index contributed by atoms with van der Waals surface area (Å²) in [7, 11) is 0. The van der Waals surface area contributed by atoms with Crippen LogP contribution in [0.4, 0.5) is 0 Å². The first-order chi connectivity index (χ1) is 23.3. The van der Waals surface area contributed by atoms with Gasteiger partial charge in [0.15, 0.2) is 0 Å². The number of nitrogens with zero attached hydrogens (tertiary/aromatic N) is 2. The van der Waals surface area contributed by atoms with Crippen LogP contribution in [-0.2, 0) is 10.8 Å². The summed E-state index contributed by atoms with van der Waals surface area (Å²) < 4.78 is 7.10. The number of aromatic nitrogens is 2. The van der Waals surface area contributed by atoms with E-state index in [-0.39, 0.29) is 21.7 Å². The minimum Gasteiger partial charge on any atom is -0.309 e. The van der Waals surface area contributed by atoms with Gasteiger partial charge < -0.3 is 9.13 Å². The Morgan fingerprint density at radius 3 is 1.04 bits per heavy atom. The lowest BCUT2D eigenvalue weighted by atomic mass is 9.72. The van der Waals surface area contributed by atoms with Gasteiger partial charge in [0.25, 0.3) is 0 Å². The van der Waals surface area contributed by atoms with Crippen molar-refractivity contribution in [1.29, 1.82) is 0 Å². The summed E-state index contributed by atoms with van der Waals surface area (Å²) in [5, 5.41) is 5.14. The van der Waals surface area contributed by atoms with Gasteiger partial charge in [0.2, 0.25) is 0 Å². The number of hydrogen-bond acceptors (Lipinski definition) is 0. The average Bonchev–Trinajstić information content (AvgIpc) is 3.50. The highest BCUT2D eigenvalue weighted by Gasteiger charge is 2.30. The molecule has 0 bridgehead atoms. The number of hydrogen-bond donors (Lipinski definition) is 0. The van der Waals surface area contributed by atoms with Gasteiger partial charge in [0.1, 0.15) is 0 Å². The highest BCUT2D eigenvalue weighted by atomic mass is 79.9. The fourth-order valence-corrected chi connectivity index (χ4v) is 9.49. The van der Waals surface area contributed by atoms with E-state index in [0.717, 1.165) is 33.2 Å². The Hall–Kier alpha value is -3.34. The molecule has 5 aromatic carbocycles. The van der Waals surface area contributed by atoms with Crippen molar-refractivity contribution in [3.63, 3.8) is 0 Å². The van der Waals surface area contributed by atoms with Crippen LogP contribution in [0.1, 0.15) is 93.2 Å². The van der Waals surface area contributed by atoms with Crippen molar-refractivity contribution >= 4 is 75.5 Å². The van der Waals surface area contributed by atoms with Crippen molar-refractivity contribution in [2.24, 2.45) is 10.8 Å². The van der Waals surface area contributed by atoms with Crippen molar-refractivity contribution in [3.05, 3.63) is 117 Å². The average molecular weight is 791 g/mol. The van der Waals surface area contributed by atoms with Crippen LogP contribution < -0.4 is 0 Å². The van der Waals surface area contributed by atoms with Crippen molar-refractivity contribution in [1.82, 2.24) is 9.13 Å². The summed E-state index contributed by atoms with van der Waals surface area (Å²) in [6.07, 6.45) is 2.21. The zero-order chi connectivity index (χ0) is 36.0. The first kappa shape index (κ1) is 35.1. The predicted molar refractivity (Wildman–Crippen MR) is 225 cm³/mol. The molecule has 50 heavy (non-hydrogen) atoms. The molecule has 0 aliphatic heterocycles. The van der Waals surface area contributed by atoms with Gasteiger partial charge in [-0.2, -0.15) is 0 Å². The Kier molecular flexibility index (Phi) is 8.51. The van der Waals surface area contributed by atoms with Gasteiger partial charge >= 0.3 is 0 Å². The maximum Gasteiger partial charge on any atom is 0.0548 e. The van der Waals surface area contributed by atoms with E-state index in [1.165, 1.54) is 54.7 Å². The molecule has 0 saturated heterocycles. The summed E-state index contributed by atoms with van der Waals surface area (Å²) in [5.74, 6) is 0. The third kappa shape index (κ3) is 6.48. The van der Waals surface area contributed by atoms with E-state index in [1.807, 2.05) is 0 Å². The molecule has 0 N–H and O–H groups in total. The molecule has 4 heteroatoms. The molecule has 0 aliphatic carbocycles. The maximum atomic E-state index is 3.68. The van der Waals surface area contributed by atoms with Gasteiger partial charge in [-0.1, -0.05) is 113 Å². The van der Waals surface area contributed by atoms with E-state index in [1.54, 1.807) is 0 Å². The second-order valence-electron chi connectivity index (χ2n) is 18.2. The molecule has 7 aromatic rings. The Labute approximate surface area is 315 Å². The zero-order valence-corrected chi connectivity index (χ0v) is 34.5. The van der Waals surface area contributed by atoms with Crippen molar-refractivity contribution in [3.8, 4) is 11.4 Å². The summed E-state index contributed by atoms with van der Waals surface area (Å²) in [6.45, 7) is 23.7. The topological polar surface area (TPSA) is 9.86 Å². The largest absolute Gasteiger partial charge is 0.309 e. The molecule has 0 amide bonds. The molecule has 2 heterocycles. The fraction of sp³-hybridized carbons (Fsp3) is 0.348. The quantitative estimate of drug-likeness (QED) is 0.159. The molecule has 0 unspecified atom stereocenters. The maximum absolute atomic E-state index is 3.68. The Morgan fingerprint density at radius 2 is 0.720 bits per heavy atom. The Morgan fingerprint density at radius 1 is 0.400 bits per heavy atom. The summed E-state index contributed by atoms with van der Waals surface area (Å²) in [4.78, 5) is 0. The van der Waals surface area contributed by atoms with E-state index < -0.39 is 0 Å². The second-order valence-corrected chi connectivity index (χ2v) is 20.0. The molecule has 0 radical (unpaired) electrons. The smallest absolute Gasteiger partial charge is 0.0548 e. The highest BCUT2D eigenvalue weighted by molar-refractivity contribution is 9.10. The number of halogens is 2. The number of fused-ring (bicyclic) bond motifs is 6. The molecule has 0 fully saturated rings. The normalized spacial score (nSPS) is 13.4. The molecule has 2 nitrogen and oxygen atoms in total. The molecule has 2 aromatic heterocycles. The Bertz CT molecular complexity index is 2220. The minimum atomic E-state index is 0.0329. The van der Waals surface area contributed by atoms with Crippen LogP contribution in [0.15, 0.2) is 106 Å². The van der Waals surface area contributed by atoms with Crippen LogP contribution in [-0.4, -0.2) is 9.13 Å². The van der Waals surface area contributed by atoms with Crippen LogP contribution in [0.5, 0.6) is 0 Å². The monoisotopic (exact) mass is 788 g/mol. The predicted octanol–water partition coefficient (Wildman–Crippen LogP) is 14.8. The molecule has 0 spiro atoms. The molecule has 7 rings (SSSR count). The molecule has 258 valence electrons. The third-order valence-corrected chi connectivity index (χ3v) is 11.4. The first-order valence-corrected chi connectivity index (χ1v) is 19.5. The van der Waals surface area contributed by atoms with Crippen LogP contribution in [0.25, 0.3) is 55.0 Å². The number of rotatable bonds is 6. The van der Waals surface area contributed by atoms with Crippen LogP contribution >= 0.6 is 31.9 Å². The van der Waals surface area contributed by atoms with Crippen LogP contribution in [0.3, 0.4) is 0 Å². The lowest BCUT2D eigenvalue weighted by Crippen LogP contribution is -2.24. The summed E-state index contributed by atoms with van der Waals surface area (Å²) in [6, 6.07) is 36.8. The van der Waals surface area contributed by atoms with Gasteiger partial charge in [-0.05, 0) is 131 Å². The number of benzene rings is 5. The van der Waals surface area contributed by atoms with Crippen molar-refractivity contribution < 1.29 is 0 Å². The molecular formula is C46H50Br2N2. The summed E-state index contributed by atoms with van der Waals surface area (Å²) in [5.41, 5.74) is 10.5. The Balaban J connectivity index is 1.59. The van der Waals surface area contributed by atoms with Gasteiger partial charge in [-0.3, -0.25) is 0 Å². The van der Waals surface area contributed by atoms with Crippen molar-refractivity contribution in [2.75, 3.05) is 0 Å². The van der Waals surface area contributed by atoms with Crippen LogP contribution in [0, 0.1) is 10.8 Å². The van der Waals surface area contributed by atoms with E-state index in [4.69, 9.17) is 0 Å².